The van der Waals surface area contributed by atoms with Crippen molar-refractivity contribution in [3.8, 4) is 0 Å². The van der Waals surface area contributed by atoms with Gasteiger partial charge in [-0.05, 0) is 37.5 Å². The van der Waals surface area contributed by atoms with Gasteiger partial charge in [0.25, 0.3) is 5.91 Å². The lowest BCUT2D eigenvalue weighted by Crippen LogP contribution is -2.55. The van der Waals surface area contributed by atoms with E-state index in [0.29, 0.717) is 44.9 Å². The quantitative estimate of drug-likeness (QED) is 0.680. The number of urea groups is 1. The van der Waals surface area contributed by atoms with Crippen molar-refractivity contribution in [1.82, 2.24) is 25.1 Å². The van der Waals surface area contributed by atoms with Crippen molar-refractivity contribution in [3.05, 3.63) is 17.6 Å². The second-order valence-corrected chi connectivity index (χ2v) is 11.5. The first-order chi connectivity index (χ1) is 15.9. The number of aromatic nitrogens is 2. The van der Waals surface area contributed by atoms with E-state index in [4.69, 9.17) is 4.98 Å². The summed E-state index contributed by atoms with van der Waals surface area (Å²) in [5.74, 6) is 1.84. The summed E-state index contributed by atoms with van der Waals surface area (Å²) in [4.78, 5) is 53.4. The standard InChI is InChI=1S/C25H38N6O3/c1-16(2)21-26-18(4)11-19(27-21)29-7-9-30(10-8-29)20(32)14-31-22(33)25(28-23(31)34)13-17(3)12-24(5,6)15-25/h11,16-17H,7-10,12-15H2,1-6H3,(H,28,34)/t17-,25+/m1/s1. The Bertz CT molecular complexity index is 985. The monoisotopic (exact) mass is 470 g/mol. The van der Waals surface area contributed by atoms with Gasteiger partial charge in [-0.25, -0.2) is 14.8 Å². The van der Waals surface area contributed by atoms with Crippen molar-refractivity contribution in [2.45, 2.75) is 72.3 Å². The summed E-state index contributed by atoms with van der Waals surface area (Å²) in [5.41, 5.74) is 0.0157. The minimum atomic E-state index is -0.879. The molecule has 0 aromatic carbocycles. The zero-order valence-corrected chi connectivity index (χ0v) is 21.3. The van der Waals surface area contributed by atoms with E-state index >= 15 is 0 Å². The van der Waals surface area contributed by atoms with Crippen molar-refractivity contribution in [1.29, 1.82) is 0 Å². The van der Waals surface area contributed by atoms with Crippen molar-refractivity contribution >= 4 is 23.7 Å². The third kappa shape index (κ3) is 4.74. The zero-order valence-electron chi connectivity index (χ0n) is 21.3. The average molecular weight is 471 g/mol. The van der Waals surface area contributed by atoms with Crippen LogP contribution >= 0.6 is 0 Å². The number of nitrogens with zero attached hydrogens (tertiary/aromatic N) is 5. The van der Waals surface area contributed by atoms with Crippen LogP contribution in [-0.2, 0) is 9.59 Å². The molecule has 3 heterocycles. The summed E-state index contributed by atoms with van der Waals surface area (Å²) in [6.45, 7) is 14.7. The van der Waals surface area contributed by atoms with Gasteiger partial charge in [-0.1, -0.05) is 34.6 Å². The average Bonchev–Trinajstić information content (AvgIpc) is 2.95. The predicted molar refractivity (Wildman–Crippen MR) is 129 cm³/mol. The second kappa shape index (κ2) is 8.82. The predicted octanol–water partition coefficient (Wildman–Crippen LogP) is 2.69. The summed E-state index contributed by atoms with van der Waals surface area (Å²) in [5, 5.41) is 2.96. The highest BCUT2D eigenvalue weighted by Crippen LogP contribution is 2.46. The fraction of sp³-hybridized carbons (Fsp3) is 0.720. The molecule has 2 atom stereocenters. The maximum atomic E-state index is 13.3. The molecule has 2 aliphatic heterocycles. The minimum absolute atomic E-state index is 0.0360. The van der Waals surface area contributed by atoms with Crippen LogP contribution in [0.15, 0.2) is 6.07 Å². The topological polar surface area (TPSA) is 98.7 Å². The lowest BCUT2D eigenvalue weighted by molar-refractivity contribution is -0.140. The maximum absolute atomic E-state index is 13.3. The summed E-state index contributed by atoms with van der Waals surface area (Å²) in [6, 6.07) is 1.53. The Morgan fingerprint density at radius 3 is 2.44 bits per heavy atom. The van der Waals surface area contributed by atoms with Crippen molar-refractivity contribution in [3.63, 3.8) is 0 Å². The molecule has 1 N–H and O–H groups in total. The minimum Gasteiger partial charge on any atom is -0.353 e. The van der Waals surface area contributed by atoms with Crippen LogP contribution in [0.4, 0.5) is 10.6 Å². The molecule has 1 aromatic heterocycles. The summed E-state index contributed by atoms with van der Waals surface area (Å²) < 4.78 is 0. The van der Waals surface area contributed by atoms with E-state index in [0.717, 1.165) is 28.7 Å². The molecule has 1 saturated carbocycles. The van der Waals surface area contributed by atoms with E-state index in [1.165, 1.54) is 0 Å². The third-order valence-electron chi connectivity index (χ3n) is 7.25. The summed E-state index contributed by atoms with van der Waals surface area (Å²) in [7, 11) is 0. The van der Waals surface area contributed by atoms with Gasteiger partial charge < -0.3 is 15.1 Å². The van der Waals surface area contributed by atoms with Crippen LogP contribution in [0.1, 0.15) is 71.3 Å². The van der Waals surface area contributed by atoms with Crippen LogP contribution in [-0.4, -0.2) is 75.9 Å². The molecule has 9 heteroatoms. The SMILES string of the molecule is Cc1cc(N2CCN(C(=O)CN3C(=O)N[C@]4(C[C@H](C)CC(C)(C)C4)C3=O)CC2)nc(C(C)C)n1. The first-order valence-corrected chi connectivity index (χ1v) is 12.4. The number of hydrogen-bond acceptors (Lipinski definition) is 6. The Labute approximate surface area is 202 Å². The van der Waals surface area contributed by atoms with Crippen LogP contribution in [0, 0.1) is 18.3 Å². The van der Waals surface area contributed by atoms with Gasteiger partial charge in [0.2, 0.25) is 5.91 Å². The fourth-order valence-electron chi connectivity index (χ4n) is 6.06. The molecule has 2 saturated heterocycles. The number of aryl methyl sites for hydroxylation is 1. The molecule has 0 radical (unpaired) electrons. The van der Waals surface area contributed by atoms with Gasteiger partial charge in [-0.15, -0.1) is 0 Å². The van der Waals surface area contributed by atoms with Crippen LogP contribution in [0.2, 0.25) is 0 Å². The number of rotatable bonds is 4. The molecule has 34 heavy (non-hydrogen) atoms. The highest BCUT2D eigenvalue weighted by atomic mass is 16.2. The molecule has 9 nitrogen and oxygen atoms in total. The van der Waals surface area contributed by atoms with Crippen LogP contribution in [0.5, 0.6) is 0 Å². The van der Waals surface area contributed by atoms with E-state index in [1.807, 2.05) is 13.0 Å². The number of imide groups is 1. The van der Waals surface area contributed by atoms with E-state index < -0.39 is 11.6 Å². The third-order valence-corrected chi connectivity index (χ3v) is 7.25. The largest absolute Gasteiger partial charge is 0.353 e. The molecular weight excluding hydrogens is 432 g/mol. The molecule has 3 fully saturated rings. The Morgan fingerprint density at radius 2 is 1.82 bits per heavy atom. The molecule has 3 aliphatic rings. The van der Waals surface area contributed by atoms with Gasteiger partial charge >= 0.3 is 6.03 Å². The summed E-state index contributed by atoms with van der Waals surface area (Å²) >= 11 is 0. The molecule has 0 unspecified atom stereocenters. The summed E-state index contributed by atoms with van der Waals surface area (Å²) in [6.07, 6.45) is 2.25. The van der Waals surface area contributed by atoms with Gasteiger partial charge in [-0.3, -0.25) is 14.5 Å². The van der Waals surface area contributed by atoms with Crippen LogP contribution in [0.25, 0.3) is 0 Å². The normalized spacial score (nSPS) is 27.0. The lowest BCUT2D eigenvalue weighted by atomic mass is 9.64. The number of carbonyl (C=O) groups excluding carboxylic acids is 3. The molecule has 186 valence electrons. The molecule has 4 amide bonds. The van der Waals surface area contributed by atoms with Crippen molar-refractivity contribution in [2.75, 3.05) is 37.6 Å². The number of anilines is 1. The zero-order chi connectivity index (χ0) is 24.8. The van der Waals surface area contributed by atoms with Gasteiger partial charge in [0.1, 0.15) is 23.7 Å². The Hall–Kier alpha value is -2.71. The molecular formula is C25H38N6O3. The first kappa shape index (κ1) is 24.4. The van der Waals surface area contributed by atoms with Gasteiger partial charge in [0.15, 0.2) is 0 Å². The Balaban J connectivity index is 1.38. The van der Waals surface area contributed by atoms with Crippen molar-refractivity contribution in [2.24, 2.45) is 11.3 Å². The van der Waals surface area contributed by atoms with E-state index in [2.05, 4.69) is 49.8 Å². The smallest absolute Gasteiger partial charge is 0.325 e. The number of nitrogens with one attached hydrogen (secondary N) is 1. The first-order valence-electron chi connectivity index (χ1n) is 12.4. The number of hydrogen-bond donors (Lipinski definition) is 1. The Morgan fingerprint density at radius 1 is 1.15 bits per heavy atom. The molecule has 1 spiro atoms. The van der Waals surface area contributed by atoms with Crippen LogP contribution < -0.4 is 10.2 Å². The molecule has 1 aliphatic carbocycles. The van der Waals surface area contributed by atoms with Crippen molar-refractivity contribution < 1.29 is 14.4 Å². The Kier molecular flexibility index (Phi) is 6.33. The highest BCUT2D eigenvalue weighted by molar-refractivity contribution is 6.09. The van der Waals surface area contributed by atoms with Gasteiger partial charge in [-0.2, -0.15) is 0 Å². The van der Waals surface area contributed by atoms with Gasteiger partial charge in [0.05, 0.1) is 0 Å². The molecule has 4 rings (SSSR count). The molecule has 0 bridgehead atoms. The number of piperazine rings is 1. The van der Waals surface area contributed by atoms with Crippen LogP contribution in [0.3, 0.4) is 0 Å². The molecule has 1 aromatic rings. The fourth-order valence-corrected chi connectivity index (χ4v) is 6.06. The van der Waals surface area contributed by atoms with E-state index in [1.54, 1.807) is 4.90 Å². The lowest BCUT2D eigenvalue weighted by Gasteiger charge is -2.43. The second-order valence-electron chi connectivity index (χ2n) is 11.5. The number of carbonyl (C=O) groups is 3. The van der Waals surface area contributed by atoms with E-state index in [-0.39, 0.29) is 29.7 Å². The maximum Gasteiger partial charge on any atom is 0.325 e. The van der Waals surface area contributed by atoms with Gasteiger partial charge in [0, 0.05) is 43.9 Å². The number of amides is 4. The highest BCUT2D eigenvalue weighted by Gasteiger charge is 2.56. The van der Waals surface area contributed by atoms with E-state index in [9.17, 15) is 14.4 Å².